The second kappa shape index (κ2) is 3.13. The molecule has 0 spiro atoms. The van der Waals surface area contributed by atoms with Crippen LogP contribution in [0.4, 0.5) is 4.39 Å². The number of benzene rings is 1. The average molecular weight is 168 g/mol. The molecule has 0 aliphatic carbocycles. The smallest absolute Gasteiger partial charge is 0.165 e. The van der Waals surface area contributed by atoms with Gasteiger partial charge in [-0.1, -0.05) is 0 Å². The van der Waals surface area contributed by atoms with E-state index in [9.17, 15) is 14.0 Å². The number of halogens is 1. The van der Waals surface area contributed by atoms with Crippen molar-refractivity contribution in [2.75, 3.05) is 0 Å². The number of rotatable bonds is 2. The molecule has 0 bridgehead atoms. The van der Waals surface area contributed by atoms with E-state index in [0.29, 0.717) is 12.6 Å². The lowest BCUT2D eigenvalue weighted by Gasteiger charge is -1.98. The fraction of sp³-hybridized carbons (Fsp3) is 0. The monoisotopic (exact) mass is 168 g/mol. The standard InChI is InChI=1S/C8H5FO3/c9-7-1-5(3-10)6(4-11)2-8(7)12/h1-4,12H. The van der Waals surface area contributed by atoms with Crippen LogP contribution in [0.2, 0.25) is 0 Å². The molecule has 12 heavy (non-hydrogen) atoms. The molecule has 0 aliphatic heterocycles. The fourth-order valence-corrected chi connectivity index (χ4v) is 0.797. The SMILES string of the molecule is O=Cc1cc(O)c(F)cc1C=O. The van der Waals surface area contributed by atoms with Gasteiger partial charge in [-0.25, -0.2) is 4.39 Å². The van der Waals surface area contributed by atoms with Gasteiger partial charge in [0.1, 0.15) is 0 Å². The highest BCUT2D eigenvalue weighted by atomic mass is 19.1. The van der Waals surface area contributed by atoms with Crippen LogP contribution in [0, 0.1) is 5.82 Å². The van der Waals surface area contributed by atoms with E-state index in [1.807, 2.05) is 0 Å². The molecule has 1 N–H and O–H groups in total. The maximum Gasteiger partial charge on any atom is 0.165 e. The molecular weight excluding hydrogens is 163 g/mol. The maximum atomic E-state index is 12.6. The molecular formula is C8H5FO3. The Balaban J connectivity index is 3.37. The molecule has 0 atom stereocenters. The third kappa shape index (κ3) is 1.32. The molecule has 0 fully saturated rings. The van der Waals surface area contributed by atoms with E-state index in [0.717, 1.165) is 12.1 Å². The van der Waals surface area contributed by atoms with Crippen molar-refractivity contribution in [3.05, 3.63) is 29.1 Å². The van der Waals surface area contributed by atoms with Gasteiger partial charge in [-0.2, -0.15) is 0 Å². The minimum absolute atomic E-state index is 0.0242. The van der Waals surface area contributed by atoms with Crippen molar-refractivity contribution < 1.29 is 19.1 Å². The van der Waals surface area contributed by atoms with Crippen molar-refractivity contribution in [1.29, 1.82) is 0 Å². The highest BCUT2D eigenvalue weighted by molar-refractivity contribution is 5.90. The molecule has 0 saturated heterocycles. The maximum absolute atomic E-state index is 12.6. The summed E-state index contributed by atoms with van der Waals surface area (Å²) >= 11 is 0. The second-order valence-electron chi connectivity index (χ2n) is 2.17. The van der Waals surface area contributed by atoms with Gasteiger partial charge in [-0.05, 0) is 12.1 Å². The van der Waals surface area contributed by atoms with Crippen molar-refractivity contribution in [2.24, 2.45) is 0 Å². The predicted octanol–water partition coefficient (Wildman–Crippen LogP) is 1.16. The fourth-order valence-electron chi connectivity index (χ4n) is 0.797. The van der Waals surface area contributed by atoms with Crippen LogP contribution in [0.25, 0.3) is 0 Å². The molecule has 62 valence electrons. The minimum atomic E-state index is -0.914. The number of aldehydes is 2. The second-order valence-corrected chi connectivity index (χ2v) is 2.17. The molecule has 0 saturated carbocycles. The first-order valence-corrected chi connectivity index (χ1v) is 3.12. The van der Waals surface area contributed by atoms with Gasteiger partial charge >= 0.3 is 0 Å². The number of carbonyl (C=O) groups is 2. The molecule has 0 amide bonds. The number of aromatic hydroxyl groups is 1. The molecule has 1 aromatic carbocycles. The van der Waals surface area contributed by atoms with Gasteiger partial charge in [0.25, 0.3) is 0 Å². The topological polar surface area (TPSA) is 54.4 Å². The van der Waals surface area contributed by atoms with Crippen LogP contribution >= 0.6 is 0 Å². The summed E-state index contributed by atoms with van der Waals surface area (Å²) in [6.07, 6.45) is 0.731. The van der Waals surface area contributed by atoms with Gasteiger partial charge in [0.05, 0.1) is 0 Å². The zero-order valence-corrected chi connectivity index (χ0v) is 5.95. The summed E-state index contributed by atoms with van der Waals surface area (Å²) in [6, 6.07) is 1.72. The van der Waals surface area contributed by atoms with E-state index in [4.69, 9.17) is 5.11 Å². The minimum Gasteiger partial charge on any atom is -0.505 e. The normalized spacial score (nSPS) is 9.42. The molecule has 0 radical (unpaired) electrons. The summed E-state index contributed by atoms with van der Waals surface area (Å²) in [4.78, 5) is 20.5. The first kappa shape index (κ1) is 8.39. The Hall–Kier alpha value is -1.71. The van der Waals surface area contributed by atoms with Crippen molar-refractivity contribution >= 4 is 12.6 Å². The van der Waals surface area contributed by atoms with Gasteiger partial charge in [-0.3, -0.25) is 9.59 Å². The number of hydrogen-bond donors (Lipinski definition) is 1. The largest absolute Gasteiger partial charge is 0.505 e. The van der Waals surface area contributed by atoms with Crippen LogP contribution < -0.4 is 0 Å². The third-order valence-electron chi connectivity index (χ3n) is 1.41. The first-order valence-electron chi connectivity index (χ1n) is 3.12. The summed E-state index contributed by atoms with van der Waals surface area (Å²) < 4.78 is 12.6. The van der Waals surface area contributed by atoms with Gasteiger partial charge in [0.15, 0.2) is 24.1 Å². The van der Waals surface area contributed by atoms with Crippen molar-refractivity contribution in [2.45, 2.75) is 0 Å². The van der Waals surface area contributed by atoms with Crippen LogP contribution in [-0.4, -0.2) is 17.7 Å². The van der Waals surface area contributed by atoms with Crippen LogP contribution in [0.1, 0.15) is 20.7 Å². The highest BCUT2D eigenvalue weighted by Crippen LogP contribution is 2.18. The van der Waals surface area contributed by atoms with Gasteiger partial charge in [0, 0.05) is 11.1 Å². The third-order valence-corrected chi connectivity index (χ3v) is 1.41. The Bertz CT molecular complexity index is 300. The number of phenolic OH excluding ortho intramolecular Hbond substituents is 1. The predicted molar refractivity (Wildman–Crippen MR) is 38.8 cm³/mol. The molecule has 0 unspecified atom stereocenters. The van der Waals surface area contributed by atoms with Gasteiger partial charge in [0.2, 0.25) is 0 Å². The van der Waals surface area contributed by atoms with Gasteiger partial charge in [-0.15, -0.1) is 0 Å². The van der Waals surface area contributed by atoms with E-state index in [2.05, 4.69) is 0 Å². The first-order chi connectivity index (χ1) is 5.69. The van der Waals surface area contributed by atoms with Crippen LogP contribution in [0.15, 0.2) is 12.1 Å². The molecule has 0 aliphatic rings. The van der Waals surface area contributed by atoms with Crippen molar-refractivity contribution in [3.63, 3.8) is 0 Å². The highest BCUT2D eigenvalue weighted by Gasteiger charge is 2.07. The number of carbonyl (C=O) groups excluding carboxylic acids is 2. The Morgan fingerprint density at radius 3 is 2.17 bits per heavy atom. The summed E-state index contributed by atoms with van der Waals surface area (Å²) in [5.74, 6) is -1.55. The van der Waals surface area contributed by atoms with E-state index in [-0.39, 0.29) is 11.1 Å². The molecule has 0 heterocycles. The van der Waals surface area contributed by atoms with Crippen LogP contribution in [0.3, 0.4) is 0 Å². The van der Waals surface area contributed by atoms with E-state index >= 15 is 0 Å². The zero-order valence-electron chi connectivity index (χ0n) is 5.95. The number of phenols is 1. The summed E-state index contributed by atoms with van der Waals surface area (Å²) in [6.45, 7) is 0. The quantitative estimate of drug-likeness (QED) is 0.674. The van der Waals surface area contributed by atoms with E-state index in [1.54, 1.807) is 0 Å². The molecule has 3 nitrogen and oxygen atoms in total. The lowest BCUT2D eigenvalue weighted by molar-refractivity contribution is 0.109. The Morgan fingerprint density at radius 2 is 1.67 bits per heavy atom. The van der Waals surface area contributed by atoms with Crippen molar-refractivity contribution in [1.82, 2.24) is 0 Å². The van der Waals surface area contributed by atoms with Crippen LogP contribution in [-0.2, 0) is 0 Å². The van der Waals surface area contributed by atoms with E-state index in [1.165, 1.54) is 0 Å². The summed E-state index contributed by atoms with van der Waals surface area (Å²) in [5, 5.41) is 8.80. The lowest BCUT2D eigenvalue weighted by Crippen LogP contribution is -1.92. The van der Waals surface area contributed by atoms with Crippen molar-refractivity contribution in [3.8, 4) is 5.75 Å². The molecule has 1 rings (SSSR count). The van der Waals surface area contributed by atoms with E-state index < -0.39 is 11.6 Å². The Kier molecular flexibility index (Phi) is 2.19. The van der Waals surface area contributed by atoms with Crippen LogP contribution in [0.5, 0.6) is 5.75 Å². The molecule has 4 heteroatoms. The molecule has 0 aromatic heterocycles. The molecule has 1 aromatic rings. The Morgan fingerprint density at radius 1 is 1.17 bits per heavy atom. The zero-order chi connectivity index (χ0) is 9.14. The van der Waals surface area contributed by atoms with Gasteiger partial charge < -0.3 is 5.11 Å². The summed E-state index contributed by atoms with van der Waals surface area (Å²) in [7, 11) is 0. The average Bonchev–Trinajstić information content (AvgIpc) is 2.09. The summed E-state index contributed by atoms with van der Waals surface area (Å²) in [5.41, 5.74) is -0.0933. The Labute approximate surface area is 67.4 Å². The number of hydrogen-bond acceptors (Lipinski definition) is 3. The lowest BCUT2D eigenvalue weighted by atomic mass is 10.1.